The predicted octanol–water partition coefficient (Wildman–Crippen LogP) is 2.23. The highest BCUT2D eigenvalue weighted by atomic mass is 16.5. The van der Waals surface area contributed by atoms with E-state index in [9.17, 15) is 9.59 Å². The van der Waals surface area contributed by atoms with Crippen molar-refractivity contribution in [2.75, 3.05) is 13.2 Å². The van der Waals surface area contributed by atoms with Gasteiger partial charge in [-0.1, -0.05) is 44.2 Å². The summed E-state index contributed by atoms with van der Waals surface area (Å²) in [6, 6.07) is 8.85. The van der Waals surface area contributed by atoms with Crippen molar-refractivity contribution in [3.63, 3.8) is 0 Å². The molecule has 2 rings (SSSR count). The van der Waals surface area contributed by atoms with Gasteiger partial charge in [-0.25, -0.2) is 4.79 Å². The Morgan fingerprint density at radius 1 is 1.29 bits per heavy atom. The maximum absolute atomic E-state index is 12.4. The molecule has 0 aliphatic carbocycles. The van der Waals surface area contributed by atoms with E-state index in [-0.39, 0.29) is 24.5 Å². The fourth-order valence-electron chi connectivity index (χ4n) is 2.56. The minimum atomic E-state index is -0.603. The van der Waals surface area contributed by atoms with Crippen LogP contribution in [0.15, 0.2) is 30.3 Å². The molecular formula is C18H26N2O4. The number of hydrogen-bond donors (Lipinski definition) is 2. The molecule has 0 spiro atoms. The average molecular weight is 334 g/mol. The smallest absolute Gasteiger partial charge is 0.408 e. The van der Waals surface area contributed by atoms with Crippen molar-refractivity contribution in [2.45, 2.75) is 45.4 Å². The third kappa shape index (κ3) is 6.20. The van der Waals surface area contributed by atoms with Gasteiger partial charge in [-0.15, -0.1) is 0 Å². The van der Waals surface area contributed by atoms with Crippen LogP contribution in [-0.2, 0) is 20.9 Å². The Bertz CT molecular complexity index is 527. The van der Waals surface area contributed by atoms with Gasteiger partial charge in [0.25, 0.3) is 0 Å². The van der Waals surface area contributed by atoms with Crippen molar-refractivity contribution in [3.8, 4) is 0 Å². The zero-order valence-electron chi connectivity index (χ0n) is 14.3. The van der Waals surface area contributed by atoms with Gasteiger partial charge >= 0.3 is 6.09 Å². The second kappa shape index (κ2) is 9.27. The van der Waals surface area contributed by atoms with Crippen LogP contribution < -0.4 is 10.6 Å². The second-order valence-electron chi connectivity index (χ2n) is 6.46. The molecule has 24 heavy (non-hydrogen) atoms. The van der Waals surface area contributed by atoms with Crippen molar-refractivity contribution < 1.29 is 19.1 Å². The lowest BCUT2D eigenvalue weighted by atomic mass is 10.0. The highest BCUT2D eigenvalue weighted by Crippen LogP contribution is 2.09. The zero-order chi connectivity index (χ0) is 17.4. The van der Waals surface area contributed by atoms with Gasteiger partial charge < -0.3 is 20.1 Å². The van der Waals surface area contributed by atoms with E-state index in [4.69, 9.17) is 9.47 Å². The van der Waals surface area contributed by atoms with Crippen molar-refractivity contribution in [1.29, 1.82) is 0 Å². The number of benzene rings is 1. The lowest BCUT2D eigenvalue weighted by Gasteiger charge is -2.21. The Kier molecular flexibility index (Phi) is 7.06. The topological polar surface area (TPSA) is 76.7 Å². The quantitative estimate of drug-likeness (QED) is 0.802. The van der Waals surface area contributed by atoms with Crippen LogP contribution >= 0.6 is 0 Å². The van der Waals surface area contributed by atoms with E-state index in [1.165, 1.54) is 0 Å². The number of nitrogens with one attached hydrogen (secondary N) is 2. The van der Waals surface area contributed by atoms with E-state index in [0.29, 0.717) is 19.6 Å². The minimum Gasteiger partial charge on any atom is -0.445 e. The Hall–Kier alpha value is -2.08. The Morgan fingerprint density at radius 3 is 2.67 bits per heavy atom. The predicted molar refractivity (Wildman–Crippen MR) is 90.4 cm³/mol. The Balaban J connectivity index is 1.84. The molecule has 1 aliphatic rings. The van der Waals surface area contributed by atoms with Crippen molar-refractivity contribution >= 4 is 12.0 Å². The summed E-state index contributed by atoms with van der Waals surface area (Å²) >= 11 is 0. The third-order valence-electron chi connectivity index (χ3n) is 3.80. The summed E-state index contributed by atoms with van der Waals surface area (Å²) < 4.78 is 10.5. The molecular weight excluding hydrogens is 308 g/mol. The van der Waals surface area contributed by atoms with Crippen molar-refractivity contribution in [2.24, 2.45) is 5.92 Å². The number of rotatable bonds is 7. The second-order valence-corrected chi connectivity index (χ2v) is 6.46. The molecule has 0 bridgehead atoms. The molecule has 0 radical (unpaired) electrons. The molecule has 1 heterocycles. The largest absolute Gasteiger partial charge is 0.445 e. The Morgan fingerprint density at radius 2 is 2.04 bits per heavy atom. The van der Waals surface area contributed by atoms with Crippen molar-refractivity contribution in [3.05, 3.63) is 35.9 Å². The minimum absolute atomic E-state index is 0.0225. The molecule has 0 saturated carbocycles. The zero-order valence-corrected chi connectivity index (χ0v) is 14.3. The van der Waals surface area contributed by atoms with Gasteiger partial charge in [-0.05, 0) is 24.3 Å². The first-order chi connectivity index (χ1) is 11.5. The summed E-state index contributed by atoms with van der Waals surface area (Å²) in [7, 11) is 0. The summed E-state index contributed by atoms with van der Waals surface area (Å²) in [5.41, 5.74) is 0.903. The van der Waals surface area contributed by atoms with Crippen LogP contribution in [0.1, 0.15) is 32.3 Å². The van der Waals surface area contributed by atoms with E-state index < -0.39 is 12.1 Å². The van der Waals surface area contributed by atoms with Gasteiger partial charge in [0.2, 0.25) is 5.91 Å². The van der Waals surface area contributed by atoms with Gasteiger partial charge in [0.1, 0.15) is 12.6 Å². The summed E-state index contributed by atoms with van der Waals surface area (Å²) in [5.74, 6) is 0.0888. The number of ether oxygens (including phenoxy) is 2. The molecule has 2 N–H and O–H groups in total. The van der Waals surface area contributed by atoms with E-state index in [0.717, 1.165) is 12.0 Å². The molecule has 1 aliphatic heterocycles. The molecule has 1 fully saturated rings. The summed E-state index contributed by atoms with van der Waals surface area (Å²) in [5, 5.41) is 5.61. The first-order valence-corrected chi connectivity index (χ1v) is 8.40. The molecule has 1 aromatic carbocycles. The van der Waals surface area contributed by atoms with Gasteiger partial charge in [0.15, 0.2) is 0 Å². The highest BCUT2D eigenvalue weighted by molar-refractivity contribution is 5.85. The number of hydrogen-bond acceptors (Lipinski definition) is 4. The van der Waals surface area contributed by atoms with Crippen LogP contribution in [0.3, 0.4) is 0 Å². The molecule has 1 aromatic rings. The fraction of sp³-hybridized carbons (Fsp3) is 0.556. The molecule has 2 atom stereocenters. The van der Waals surface area contributed by atoms with Gasteiger partial charge in [0.05, 0.1) is 12.6 Å². The lowest BCUT2D eigenvalue weighted by molar-refractivity contribution is -0.124. The van der Waals surface area contributed by atoms with Crippen LogP contribution in [-0.4, -0.2) is 37.3 Å². The highest BCUT2D eigenvalue weighted by Gasteiger charge is 2.26. The normalized spacial score (nSPS) is 18.2. The number of carbonyl (C=O) groups excluding carboxylic acids is 2. The standard InChI is InChI=1S/C18H26N2O4/c1-13(2)10-16(17(21)19-15-8-9-23-12-15)20-18(22)24-11-14-6-4-3-5-7-14/h3-7,13,15-16H,8-12H2,1-2H3,(H,19,21)(H,20,22)/t15-,16-/m0/s1. The average Bonchev–Trinajstić information content (AvgIpc) is 3.06. The van der Waals surface area contributed by atoms with Gasteiger partial charge in [0, 0.05) is 6.61 Å². The lowest BCUT2D eigenvalue weighted by Crippen LogP contribution is -2.50. The molecule has 6 heteroatoms. The molecule has 2 amide bonds. The van der Waals surface area contributed by atoms with Crippen LogP contribution in [0.25, 0.3) is 0 Å². The van der Waals surface area contributed by atoms with Gasteiger partial charge in [-0.2, -0.15) is 0 Å². The molecule has 0 aromatic heterocycles. The molecule has 6 nitrogen and oxygen atoms in total. The van der Waals surface area contributed by atoms with Crippen LogP contribution in [0.5, 0.6) is 0 Å². The summed E-state index contributed by atoms with van der Waals surface area (Å²) in [4.78, 5) is 24.4. The molecule has 0 unspecified atom stereocenters. The van der Waals surface area contributed by atoms with E-state index in [1.807, 2.05) is 44.2 Å². The SMILES string of the molecule is CC(C)C[C@H](NC(=O)OCc1ccccc1)C(=O)N[C@H]1CCOC1. The number of alkyl carbamates (subject to hydrolysis) is 1. The van der Waals surface area contributed by atoms with Crippen LogP contribution in [0.4, 0.5) is 4.79 Å². The third-order valence-corrected chi connectivity index (χ3v) is 3.80. The van der Waals surface area contributed by atoms with Gasteiger partial charge in [-0.3, -0.25) is 4.79 Å². The number of carbonyl (C=O) groups is 2. The maximum atomic E-state index is 12.4. The van der Waals surface area contributed by atoms with E-state index in [2.05, 4.69) is 10.6 Å². The number of amides is 2. The first-order valence-electron chi connectivity index (χ1n) is 8.40. The van der Waals surface area contributed by atoms with Crippen LogP contribution in [0.2, 0.25) is 0 Å². The van der Waals surface area contributed by atoms with Crippen LogP contribution in [0, 0.1) is 5.92 Å². The maximum Gasteiger partial charge on any atom is 0.408 e. The van der Waals surface area contributed by atoms with E-state index >= 15 is 0 Å². The molecule has 132 valence electrons. The van der Waals surface area contributed by atoms with E-state index in [1.54, 1.807) is 0 Å². The molecule has 1 saturated heterocycles. The summed E-state index contributed by atoms with van der Waals surface area (Å²) in [6.45, 7) is 5.38. The Labute approximate surface area is 142 Å². The van der Waals surface area contributed by atoms with Crippen molar-refractivity contribution in [1.82, 2.24) is 10.6 Å². The monoisotopic (exact) mass is 334 g/mol. The first kappa shape index (κ1) is 18.3. The fourth-order valence-corrected chi connectivity index (χ4v) is 2.56. The summed E-state index contributed by atoms with van der Waals surface area (Å²) in [6.07, 6.45) is 0.778.